The van der Waals surface area contributed by atoms with Gasteiger partial charge in [0.05, 0.1) is 20.8 Å². The average molecular weight is 371 g/mol. The molecule has 0 saturated carbocycles. The highest BCUT2D eigenvalue weighted by atomic mass is 16.7. The van der Waals surface area contributed by atoms with Gasteiger partial charge in [0.15, 0.2) is 17.8 Å². The molecule has 1 fully saturated rings. The predicted octanol–water partition coefficient (Wildman–Crippen LogP) is 3.97. The minimum atomic E-state index is -0.178. The molecule has 3 rings (SSSR count). The molecule has 144 valence electrons. The lowest BCUT2D eigenvalue weighted by molar-refractivity contribution is -0.168. The number of nitrogens with zero attached hydrogens (tertiary/aromatic N) is 1. The van der Waals surface area contributed by atoms with Crippen LogP contribution in [-0.4, -0.2) is 38.0 Å². The van der Waals surface area contributed by atoms with Crippen LogP contribution in [0.4, 0.5) is 0 Å². The molecule has 0 bridgehead atoms. The number of hydrogen-bond donors (Lipinski definition) is 1. The largest absolute Gasteiger partial charge is 0.493 e. The molecule has 1 heterocycles. The lowest BCUT2D eigenvalue weighted by atomic mass is 9.97. The summed E-state index contributed by atoms with van der Waals surface area (Å²) < 4.78 is 22.2. The van der Waals surface area contributed by atoms with E-state index >= 15 is 0 Å². The Labute approximate surface area is 159 Å². The maximum atomic E-state index is 9.71. The molecule has 1 aliphatic rings. The average Bonchev–Trinajstić information content (AvgIpc) is 2.74. The van der Waals surface area contributed by atoms with Gasteiger partial charge in [-0.05, 0) is 43.0 Å². The van der Waals surface area contributed by atoms with E-state index in [-0.39, 0.29) is 6.29 Å². The van der Waals surface area contributed by atoms with Crippen LogP contribution in [0.25, 0.3) is 0 Å². The van der Waals surface area contributed by atoms with Crippen molar-refractivity contribution in [3.8, 4) is 11.5 Å². The predicted molar refractivity (Wildman–Crippen MR) is 102 cm³/mol. The van der Waals surface area contributed by atoms with Crippen molar-refractivity contribution in [3.63, 3.8) is 0 Å². The van der Waals surface area contributed by atoms with Crippen molar-refractivity contribution in [3.05, 3.63) is 59.2 Å². The van der Waals surface area contributed by atoms with E-state index in [2.05, 4.69) is 5.16 Å². The summed E-state index contributed by atoms with van der Waals surface area (Å²) in [5.41, 5.74) is 2.88. The number of rotatable bonds is 7. The molecule has 0 radical (unpaired) electrons. The summed E-state index contributed by atoms with van der Waals surface area (Å²) >= 11 is 0. The molecule has 0 spiro atoms. The van der Waals surface area contributed by atoms with Gasteiger partial charge < -0.3 is 24.2 Å². The summed E-state index contributed by atoms with van der Waals surface area (Å²) in [6.07, 6.45) is 2.92. The van der Waals surface area contributed by atoms with E-state index in [1.54, 1.807) is 26.4 Å². The van der Waals surface area contributed by atoms with Crippen LogP contribution in [0.2, 0.25) is 0 Å². The Morgan fingerprint density at radius 1 is 1.11 bits per heavy atom. The smallest absolute Gasteiger partial charge is 0.161 e. The van der Waals surface area contributed by atoms with Crippen LogP contribution >= 0.6 is 0 Å². The van der Waals surface area contributed by atoms with Gasteiger partial charge in [-0.25, -0.2) is 0 Å². The summed E-state index contributed by atoms with van der Waals surface area (Å²) in [5.74, 6) is 1.19. The molecule has 27 heavy (non-hydrogen) atoms. The van der Waals surface area contributed by atoms with Gasteiger partial charge in [0, 0.05) is 17.7 Å². The Balaban J connectivity index is 1.85. The van der Waals surface area contributed by atoms with Crippen molar-refractivity contribution in [2.24, 2.45) is 5.16 Å². The number of methoxy groups -OCH3 is 2. The summed E-state index contributed by atoms with van der Waals surface area (Å²) in [5, 5.41) is 13.3. The fourth-order valence-corrected chi connectivity index (χ4v) is 3.15. The molecular weight excluding hydrogens is 346 g/mol. The van der Waals surface area contributed by atoms with Gasteiger partial charge in [-0.15, -0.1) is 0 Å². The number of benzene rings is 2. The zero-order chi connectivity index (χ0) is 19.1. The van der Waals surface area contributed by atoms with Crippen molar-refractivity contribution >= 4 is 5.71 Å². The maximum absolute atomic E-state index is 9.71. The third-order valence-electron chi connectivity index (χ3n) is 4.59. The highest BCUT2D eigenvalue weighted by Gasteiger charge is 2.18. The molecule has 6 nitrogen and oxygen atoms in total. The van der Waals surface area contributed by atoms with Crippen molar-refractivity contribution in [1.82, 2.24) is 0 Å². The Bertz CT molecular complexity index is 784. The van der Waals surface area contributed by atoms with Crippen LogP contribution in [-0.2, 0) is 16.1 Å². The highest BCUT2D eigenvalue weighted by molar-refractivity contribution is 6.13. The zero-order valence-corrected chi connectivity index (χ0v) is 15.7. The number of ether oxygens (including phenoxy) is 4. The molecule has 2 aromatic rings. The Hall–Kier alpha value is -2.57. The normalized spacial score (nSPS) is 17.6. The van der Waals surface area contributed by atoms with Crippen LogP contribution in [0.5, 0.6) is 11.5 Å². The van der Waals surface area contributed by atoms with Crippen LogP contribution < -0.4 is 9.47 Å². The SMILES string of the molecule is COc1ccc(/C(=N/O)c2ccccc2COC2CCCCO2)cc1OC. The first-order valence-corrected chi connectivity index (χ1v) is 9.02. The third kappa shape index (κ3) is 4.59. The first-order valence-electron chi connectivity index (χ1n) is 9.02. The molecule has 2 aromatic carbocycles. The van der Waals surface area contributed by atoms with Crippen LogP contribution in [0, 0.1) is 0 Å². The van der Waals surface area contributed by atoms with Gasteiger partial charge >= 0.3 is 0 Å². The highest BCUT2D eigenvalue weighted by Crippen LogP contribution is 2.29. The van der Waals surface area contributed by atoms with E-state index < -0.39 is 0 Å². The van der Waals surface area contributed by atoms with Gasteiger partial charge in [0.2, 0.25) is 0 Å². The quantitative estimate of drug-likeness (QED) is 0.453. The van der Waals surface area contributed by atoms with Gasteiger partial charge in [-0.3, -0.25) is 0 Å². The van der Waals surface area contributed by atoms with Crippen LogP contribution in [0.15, 0.2) is 47.6 Å². The summed E-state index contributed by atoms with van der Waals surface area (Å²) in [6.45, 7) is 1.12. The van der Waals surface area contributed by atoms with Crippen LogP contribution in [0.1, 0.15) is 36.0 Å². The van der Waals surface area contributed by atoms with E-state index in [4.69, 9.17) is 18.9 Å². The topological polar surface area (TPSA) is 69.5 Å². The van der Waals surface area contributed by atoms with Crippen molar-refractivity contribution < 1.29 is 24.2 Å². The second-order valence-electron chi connectivity index (χ2n) is 6.28. The van der Waals surface area contributed by atoms with E-state index in [0.29, 0.717) is 23.8 Å². The van der Waals surface area contributed by atoms with E-state index in [9.17, 15) is 5.21 Å². The minimum absolute atomic E-state index is 0.178. The third-order valence-corrected chi connectivity index (χ3v) is 4.59. The number of oxime groups is 1. The van der Waals surface area contributed by atoms with Crippen molar-refractivity contribution in [1.29, 1.82) is 0 Å². The molecule has 1 aliphatic heterocycles. The Morgan fingerprint density at radius 2 is 1.93 bits per heavy atom. The molecule has 1 saturated heterocycles. The summed E-state index contributed by atoms with van der Waals surface area (Å²) in [6, 6.07) is 13.1. The van der Waals surface area contributed by atoms with Gasteiger partial charge in [-0.2, -0.15) is 0 Å². The summed E-state index contributed by atoms with van der Waals surface area (Å²) in [4.78, 5) is 0. The molecule has 1 atom stereocenters. The zero-order valence-electron chi connectivity index (χ0n) is 15.7. The van der Waals surface area contributed by atoms with Gasteiger partial charge in [0.25, 0.3) is 0 Å². The second kappa shape index (κ2) is 9.39. The lowest BCUT2D eigenvalue weighted by Crippen LogP contribution is -2.22. The molecule has 0 aliphatic carbocycles. The Kier molecular flexibility index (Phi) is 6.68. The standard InChI is InChI=1S/C21H25NO5/c1-24-18-11-10-15(13-19(18)25-2)21(22-23)17-8-4-3-7-16(17)14-27-20-9-5-6-12-26-20/h3-4,7-8,10-11,13,20,23H,5-6,9,12,14H2,1-2H3/b22-21-. The fourth-order valence-electron chi connectivity index (χ4n) is 3.15. The van der Waals surface area contributed by atoms with Gasteiger partial charge in [-0.1, -0.05) is 29.4 Å². The first-order chi connectivity index (χ1) is 13.3. The molecule has 1 unspecified atom stereocenters. The summed E-state index contributed by atoms with van der Waals surface area (Å²) in [7, 11) is 3.15. The van der Waals surface area contributed by atoms with Crippen LogP contribution in [0.3, 0.4) is 0 Å². The fraction of sp³-hybridized carbons (Fsp3) is 0.381. The first kappa shape index (κ1) is 19.2. The lowest BCUT2D eigenvalue weighted by Gasteiger charge is -2.23. The monoisotopic (exact) mass is 371 g/mol. The molecule has 1 N–H and O–H groups in total. The van der Waals surface area contributed by atoms with Crippen molar-refractivity contribution in [2.45, 2.75) is 32.2 Å². The molecule has 0 amide bonds. The minimum Gasteiger partial charge on any atom is -0.493 e. The van der Waals surface area contributed by atoms with E-state index in [1.165, 1.54) is 0 Å². The Morgan fingerprint density at radius 3 is 2.63 bits per heavy atom. The number of hydrogen-bond acceptors (Lipinski definition) is 6. The van der Waals surface area contributed by atoms with Crippen molar-refractivity contribution in [2.75, 3.05) is 20.8 Å². The maximum Gasteiger partial charge on any atom is 0.161 e. The molecular formula is C21H25NO5. The molecule has 6 heteroatoms. The van der Waals surface area contributed by atoms with E-state index in [1.807, 2.05) is 30.3 Å². The second-order valence-corrected chi connectivity index (χ2v) is 6.28. The van der Waals surface area contributed by atoms with E-state index in [0.717, 1.165) is 42.6 Å². The van der Waals surface area contributed by atoms with Gasteiger partial charge in [0.1, 0.15) is 5.71 Å². The molecule has 0 aromatic heterocycles.